The Morgan fingerprint density at radius 1 is 0.974 bits per heavy atom. The summed E-state index contributed by atoms with van der Waals surface area (Å²) in [5.74, 6) is 1.85. The molecule has 3 aromatic heterocycles. The number of nitrogens with zero attached hydrogens (tertiary/aromatic N) is 6. The van der Waals surface area contributed by atoms with Gasteiger partial charge in [0.15, 0.2) is 5.82 Å². The van der Waals surface area contributed by atoms with E-state index in [-0.39, 0.29) is 5.82 Å². The fraction of sp³-hybridized carbons (Fsp3) is 0.321. The number of anilines is 4. The van der Waals surface area contributed by atoms with Crippen LogP contribution in [0.5, 0.6) is 0 Å². The molecule has 1 aliphatic heterocycles. The van der Waals surface area contributed by atoms with Crippen LogP contribution >= 0.6 is 0 Å². The summed E-state index contributed by atoms with van der Waals surface area (Å²) in [6.45, 7) is 8.66. The molecule has 4 heterocycles. The number of pyridine rings is 1. The van der Waals surface area contributed by atoms with Crippen LogP contribution in [0, 0.1) is 12.7 Å². The fourth-order valence-corrected chi connectivity index (χ4v) is 4.66. The Morgan fingerprint density at radius 2 is 1.79 bits per heavy atom. The van der Waals surface area contributed by atoms with Crippen molar-refractivity contribution in [2.24, 2.45) is 0 Å². The van der Waals surface area contributed by atoms with Crippen molar-refractivity contribution in [3.05, 3.63) is 78.0 Å². The second kappa shape index (κ2) is 11.6. The summed E-state index contributed by atoms with van der Waals surface area (Å²) in [7, 11) is 0. The molecule has 0 bridgehead atoms. The maximum absolute atomic E-state index is 14.8. The number of hydrogen-bond acceptors (Lipinski definition) is 9. The first kappa shape index (κ1) is 25.6. The van der Waals surface area contributed by atoms with Gasteiger partial charge in [-0.15, -0.1) is 0 Å². The Kier molecular flexibility index (Phi) is 7.81. The van der Waals surface area contributed by atoms with E-state index in [4.69, 9.17) is 0 Å². The van der Waals surface area contributed by atoms with Gasteiger partial charge >= 0.3 is 0 Å². The fourth-order valence-electron chi connectivity index (χ4n) is 4.66. The van der Waals surface area contributed by atoms with Gasteiger partial charge in [-0.1, -0.05) is 13.0 Å². The third-order valence-corrected chi connectivity index (χ3v) is 6.67. The molecule has 0 spiro atoms. The predicted octanol–water partition coefficient (Wildman–Crippen LogP) is 4.84. The number of rotatable bonds is 8. The Balaban J connectivity index is 1.30. The largest absolute Gasteiger partial charge is 0.325 e. The van der Waals surface area contributed by atoms with Crippen LogP contribution in [0.1, 0.15) is 31.5 Å². The molecule has 2 unspecified atom stereocenters. The second-order valence-corrected chi connectivity index (χ2v) is 9.49. The third kappa shape index (κ3) is 6.09. The van der Waals surface area contributed by atoms with Gasteiger partial charge in [-0.05, 0) is 62.7 Å². The molecule has 4 aromatic rings. The van der Waals surface area contributed by atoms with Gasteiger partial charge in [-0.25, -0.2) is 24.3 Å². The molecule has 38 heavy (non-hydrogen) atoms. The van der Waals surface area contributed by atoms with E-state index in [0.717, 1.165) is 30.9 Å². The van der Waals surface area contributed by atoms with Crippen LogP contribution in [-0.4, -0.2) is 55.0 Å². The average Bonchev–Trinajstić information content (AvgIpc) is 2.92. The van der Waals surface area contributed by atoms with E-state index >= 15 is 0 Å². The van der Waals surface area contributed by atoms with E-state index in [1.807, 2.05) is 31.2 Å². The molecule has 1 aliphatic rings. The SMILES string of the molecule is CCC1CNCC(C)N1Cc1cc(Nc2nccc(Nc3ccnc(-c4cccc(C)n4)n3)n2)ccc1F. The maximum atomic E-state index is 14.8. The Morgan fingerprint density at radius 3 is 2.61 bits per heavy atom. The highest BCUT2D eigenvalue weighted by Gasteiger charge is 2.27. The zero-order valence-corrected chi connectivity index (χ0v) is 21.8. The molecule has 9 nitrogen and oxygen atoms in total. The summed E-state index contributed by atoms with van der Waals surface area (Å²) in [6, 6.07) is 15.0. The van der Waals surface area contributed by atoms with Gasteiger partial charge in [0, 0.05) is 61.1 Å². The first-order valence-corrected chi connectivity index (χ1v) is 12.9. The average molecular weight is 514 g/mol. The predicted molar refractivity (Wildman–Crippen MR) is 147 cm³/mol. The molecule has 3 N–H and O–H groups in total. The Hall–Kier alpha value is -4.02. The molecule has 196 valence electrons. The molecule has 10 heteroatoms. The smallest absolute Gasteiger partial charge is 0.229 e. The van der Waals surface area contributed by atoms with Crippen LogP contribution in [0.15, 0.2) is 60.9 Å². The summed E-state index contributed by atoms with van der Waals surface area (Å²) in [4.78, 5) is 24.7. The lowest BCUT2D eigenvalue weighted by Gasteiger charge is -2.41. The van der Waals surface area contributed by atoms with Crippen LogP contribution in [0.25, 0.3) is 11.5 Å². The number of aryl methyl sites for hydroxylation is 1. The quantitative estimate of drug-likeness (QED) is 0.305. The number of piperazine rings is 1. The van der Waals surface area contributed by atoms with Gasteiger partial charge in [0.1, 0.15) is 23.1 Å². The highest BCUT2D eigenvalue weighted by molar-refractivity contribution is 5.59. The number of aromatic nitrogens is 5. The van der Waals surface area contributed by atoms with Gasteiger partial charge in [0.25, 0.3) is 0 Å². The highest BCUT2D eigenvalue weighted by Crippen LogP contribution is 2.24. The minimum atomic E-state index is -0.213. The summed E-state index contributed by atoms with van der Waals surface area (Å²) >= 11 is 0. The van der Waals surface area contributed by atoms with Crippen molar-refractivity contribution < 1.29 is 4.39 Å². The third-order valence-electron chi connectivity index (χ3n) is 6.67. The molecule has 1 saturated heterocycles. The van der Waals surface area contributed by atoms with Gasteiger partial charge < -0.3 is 16.0 Å². The van der Waals surface area contributed by atoms with Gasteiger partial charge in [-0.3, -0.25) is 4.90 Å². The van der Waals surface area contributed by atoms with E-state index in [1.165, 1.54) is 6.07 Å². The first-order valence-electron chi connectivity index (χ1n) is 12.9. The summed E-state index contributed by atoms with van der Waals surface area (Å²) in [5, 5.41) is 9.88. The topological polar surface area (TPSA) is 104 Å². The normalized spacial score (nSPS) is 17.8. The van der Waals surface area contributed by atoms with Crippen molar-refractivity contribution in [1.29, 1.82) is 0 Å². The monoisotopic (exact) mass is 513 g/mol. The van der Waals surface area contributed by atoms with Gasteiger partial charge in [-0.2, -0.15) is 4.98 Å². The van der Waals surface area contributed by atoms with Gasteiger partial charge in [0.05, 0.1) is 0 Å². The van der Waals surface area contributed by atoms with Crippen molar-refractivity contribution in [1.82, 2.24) is 35.1 Å². The number of benzene rings is 1. The van der Waals surface area contributed by atoms with E-state index in [0.29, 0.717) is 53.3 Å². The molecular formula is C28H32FN9. The summed E-state index contributed by atoms with van der Waals surface area (Å²) in [5.41, 5.74) is 2.97. The number of halogens is 1. The van der Waals surface area contributed by atoms with Crippen LogP contribution in [-0.2, 0) is 6.54 Å². The van der Waals surface area contributed by atoms with Crippen molar-refractivity contribution >= 4 is 23.3 Å². The molecule has 0 aliphatic carbocycles. The number of nitrogens with one attached hydrogen (secondary N) is 3. The molecule has 0 amide bonds. The lowest BCUT2D eigenvalue weighted by molar-refractivity contribution is 0.0940. The van der Waals surface area contributed by atoms with Crippen LogP contribution in [0.2, 0.25) is 0 Å². The molecular weight excluding hydrogens is 481 g/mol. The molecule has 0 radical (unpaired) electrons. The summed E-state index contributed by atoms with van der Waals surface area (Å²) in [6.07, 6.45) is 4.35. The van der Waals surface area contributed by atoms with Crippen molar-refractivity contribution in [3.8, 4) is 11.5 Å². The highest BCUT2D eigenvalue weighted by atomic mass is 19.1. The lowest BCUT2D eigenvalue weighted by atomic mass is 10.0. The van der Waals surface area contributed by atoms with Crippen molar-refractivity contribution in [2.45, 2.75) is 45.8 Å². The summed E-state index contributed by atoms with van der Waals surface area (Å²) < 4.78 is 14.8. The van der Waals surface area contributed by atoms with Crippen LogP contribution < -0.4 is 16.0 Å². The van der Waals surface area contributed by atoms with Crippen molar-refractivity contribution in [2.75, 3.05) is 23.7 Å². The maximum Gasteiger partial charge on any atom is 0.229 e. The first-order chi connectivity index (χ1) is 18.5. The number of hydrogen-bond donors (Lipinski definition) is 3. The van der Waals surface area contributed by atoms with Crippen LogP contribution in [0.3, 0.4) is 0 Å². The van der Waals surface area contributed by atoms with E-state index in [2.05, 4.69) is 59.6 Å². The minimum absolute atomic E-state index is 0.213. The minimum Gasteiger partial charge on any atom is -0.325 e. The van der Waals surface area contributed by atoms with E-state index < -0.39 is 0 Å². The molecule has 1 fully saturated rings. The molecule has 0 saturated carbocycles. The van der Waals surface area contributed by atoms with Crippen molar-refractivity contribution in [3.63, 3.8) is 0 Å². The second-order valence-electron chi connectivity index (χ2n) is 9.49. The molecule has 5 rings (SSSR count). The Labute approximate surface area is 222 Å². The molecule has 1 aromatic carbocycles. The van der Waals surface area contributed by atoms with E-state index in [1.54, 1.807) is 30.6 Å². The zero-order chi connectivity index (χ0) is 26.5. The lowest BCUT2D eigenvalue weighted by Crippen LogP contribution is -2.55. The van der Waals surface area contributed by atoms with Crippen LogP contribution in [0.4, 0.5) is 27.7 Å². The standard InChI is InChI=1S/C28H32FN9/c1-4-22-16-30-15-19(3)38(22)17-20-14-21(8-9-23(20)29)34-28-32-13-11-26(37-28)35-25-10-12-31-27(36-25)24-7-5-6-18(2)33-24/h5-14,19,22,30H,4,15-17H2,1-3H3,(H2,31,32,34,35,36,37). The van der Waals surface area contributed by atoms with E-state index in [9.17, 15) is 4.39 Å². The molecule has 2 atom stereocenters. The zero-order valence-electron chi connectivity index (χ0n) is 21.8. The Bertz CT molecular complexity index is 1400. The van der Waals surface area contributed by atoms with Gasteiger partial charge in [0.2, 0.25) is 5.95 Å².